The standard InChI is InChI=1S/C9H15NO2/c1-6(2)8-5-12-9(11)10(8)7(3)4/h5-7H,1-4H3. The van der Waals surface area contributed by atoms with Crippen LogP contribution in [0.5, 0.6) is 0 Å². The van der Waals surface area contributed by atoms with Crippen LogP contribution in [0.2, 0.25) is 0 Å². The van der Waals surface area contributed by atoms with Gasteiger partial charge in [0.15, 0.2) is 0 Å². The largest absolute Gasteiger partial charge is 0.419 e. The number of nitrogens with zero attached hydrogens (tertiary/aromatic N) is 1. The van der Waals surface area contributed by atoms with E-state index in [0.717, 1.165) is 5.69 Å². The van der Waals surface area contributed by atoms with E-state index in [9.17, 15) is 4.79 Å². The topological polar surface area (TPSA) is 35.1 Å². The average Bonchev–Trinajstić information content (AvgIpc) is 2.30. The number of oxazole rings is 1. The lowest BCUT2D eigenvalue weighted by atomic mass is 10.1. The Balaban J connectivity index is 3.22. The predicted molar refractivity (Wildman–Crippen MR) is 47.4 cm³/mol. The van der Waals surface area contributed by atoms with Gasteiger partial charge in [-0.2, -0.15) is 0 Å². The van der Waals surface area contributed by atoms with Gasteiger partial charge in [0.25, 0.3) is 0 Å². The van der Waals surface area contributed by atoms with Gasteiger partial charge in [-0.15, -0.1) is 0 Å². The van der Waals surface area contributed by atoms with Crippen LogP contribution in [-0.4, -0.2) is 4.57 Å². The number of hydrogen-bond acceptors (Lipinski definition) is 2. The smallest absolute Gasteiger partial charge is 0.416 e. The zero-order chi connectivity index (χ0) is 9.30. The van der Waals surface area contributed by atoms with Crippen molar-refractivity contribution in [1.29, 1.82) is 0 Å². The summed E-state index contributed by atoms with van der Waals surface area (Å²) in [6, 6.07) is 0.175. The molecule has 0 aliphatic rings. The number of aromatic nitrogens is 1. The Morgan fingerprint density at radius 3 is 2.25 bits per heavy atom. The van der Waals surface area contributed by atoms with Crippen molar-refractivity contribution in [3.05, 3.63) is 22.5 Å². The second-order valence-electron chi connectivity index (χ2n) is 3.54. The van der Waals surface area contributed by atoms with Gasteiger partial charge in [-0.1, -0.05) is 13.8 Å². The van der Waals surface area contributed by atoms with E-state index in [2.05, 4.69) is 0 Å². The molecule has 0 bridgehead atoms. The van der Waals surface area contributed by atoms with E-state index in [1.165, 1.54) is 0 Å². The predicted octanol–water partition coefficient (Wildman–Crippen LogP) is 2.15. The molecule has 0 saturated heterocycles. The van der Waals surface area contributed by atoms with Crippen molar-refractivity contribution in [1.82, 2.24) is 4.57 Å². The summed E-state index contributed by atoms with van der Waals surface area (Å²) in [5.74, 6) is 0.0764. The van der Waals surface area contributed by atoms with Crippen LogP contribution >= 0.6 is 0 Å². The Labute approximate surface area is 72.0 Å². The molecule has 0 unspecified atom stereocenters. The first-order chi connectivity index (χ1) is 5.54. The highest BCUT2D eigenvalue weighted by Crippen LogP contribution is 2.16. The molecule has 3 heteroatoms. The third-order valence-electron chi connectivity index (χ3n) is 1.86. The summed E-state index contributed by atoms with van der Waals surface area (Å²) >= 11 is 0. The summed E-state index contributed by atoms with van der Waals surface area (Å²) in [5.41, 5.74) is 0.968. The maximum Gasteiger partial charge on any atom is 0.419 e. The van der Waals surface area contributed by atoms with Crippen LogP contribution in [0.15, 0.2) is 15.5 Å². The maximum atomic E-state index is 11.2. The average molecular weight is 169 g/mol. The fourth-order valence-corrected chi connectivity index (χ4v) is 1.25. The summed E-state index contributed by atoms with van der Waals surface area (Å²) in [6.07, 6.45) is 1.55. The number of hydrogen-bond donors (Lipinski definition) is 0. The van der Waals surface area contributed by atoms with Gasteiger partial charge in [-0.3, -0.25) is 4.57 Å². The minimum atomic E-state index is -0.256. The van der Waals surface area contributed by atoms with Gasteiger partial charge >= 0.3 is 5.76 Å². The molecule has 0 amide bonds. The van der Waals surface area contributed by atoms with E-state index in [0.29, 0.717) is 5.92 Å². The second-order valence-corrected chi connectivity index (χ2v) is 3.54. The first kappa shape index (κ1) is 9.10. The Kier molecular flexibility index (Phi) is 2.40. The summed E-state index contributed by atoms with van der Waals surface area (Å²) in [6.45, 7) is 8.04. The van der Waals surface area contributed by atoms with Crippen molar-refractivity contribution in [2.45, 2.75) is 39.7 Å². The van der Waals surface area contributed by atoms with Crippen molar-refractivity contribution >= 4 is 0 Å². The molecule has 68 valence electrons. The quantitative estimate of drug-likeness (QED) is 0.680. The van der Waals surface area contributed by atoms with E-state index < -0.39 is 0 Å². The third kappa shape index (κ3) is 1.44. The van der Waals surface area contributed by atoms with Crippen molar-refractivity contribution in [3.63, 3.8) is 0 Å². The molecule has 0 aliphatic heterocycles. The van der Waals surface area contributed by atoms with Crippen LogP contribution < -0.4 is 5.76 Å². The summed E-state index contributed by atoms with van der Waals surface area (Å²) in [7, 11) is 0. The summed E-state index contributed by atoms with van der Waals surface area (Å²) in [5, 5.41) is 0. The normalized spacial score (nSPS) is 11.5. The van der Waals surface area contributed by atoms with Crippen molar-refractivity contribution in [2.24, 2.45) is 0 Å². The molecule has 1 heterocycles. The molecule has 0 aromatic carbocycles. The SMILES string of the molecule is CC(C)c1coc(=O)n1C(C)C. The molecule has 0 N–H and O–H groups in total. The molecule has 0 atom stereocenters. The van der Waals surface area contributed by atoms with Gasteiger partial charge in [-0.05, 0) is 19.8 Å². The van der Waals surface area contributed by atoms with Crippen LogP contribution in [0.25, 0.3) is 0 Å². The molecule has 0 saturated carbocycles. The van der Waals surface area contributed by atoms with Crippen LogP contribution in [-0.2, 0) is 0 Å². The Hall–Kier alpha value is -0.990. The molecule has 12 heavy (non-hydrogen) atoms. The van der Waals surface area contributed by atoms with Gasteiger partial charge in [0.2, 0.25) is 0 Å². The highest BCUT2D eigenvalue weighted by atomic mass is 16.4. The maximum absolute atomic E-state index is 11.2. The van der Waals surface area contributed by atoms with E-state index >= 15 is 0 Å². The summed E-state index contributed by atoms with van der Waals surface area (Å²) in [4.78, 5) is 11.2. The minimum absolute atomic E-state index is 0.175. The van der Waals surface area contributed by atoms with Crippen molar-refractivity contribution in [3.8, 4) is 0 Å². The van der Waals surface area contributed by atoms with Crippen LogP contribution in [0.1, 0.15) is 45.3 Å². The molecule has 3 nitrogen and oxygen atoms in total. The second kappa shape index (κ2) is 3.17. The van der Waals surface area contributed by atoms with E-state index in [4.69, 9.17) is 4.42 Å². The molecule has 0 aliphatic carbocycles. The molecule has 1 rings (SSSR count). The number of rotatable bonds is 2. The van der Waals surface area contributed by atoms with Crippen molar-refractivity contribution in [2.75, 3.05) is 0 Å². The summed E-state index contributed by atoms with van der Waals surface area (Å²) < 4.78 is 6.51. The molecule has 1 aromatic rings. The molecule has 0 fully saturated rings. The van der Waals surface area contributed by atoms with E-state index in [1.807, 2.05) is 27.7 Å². The molecule has 0 radical (unpaired) electrons. The lowest BCUT2D eigenvalue weighted by Gasteiger charge is -2.10. The Morgan fingerprint density at radius 2 is 1.92 bits per heavy atom. The lowest BCUT2D eigenvalue weighted by molar-refractivity contribution is 0.452. The Bertz CT molecular complexity index is 307. The fourth-order valence-electron chi connectivity index (χ4n) is 1.25. The van der Waals surface area contributed by atoms with E-state index in [1.54, 1.807) is 10.8 Å². The highest BCUT2D eigenvalue weighted by Gasteiger charge is 2.13. The molecule has 1 aromatic heterocycles. The van der Waals surface area contributed by atoms with E-state index in [-0.39, 0.29) is 11.8 Å². The van der Waals surface area contributed by atoms with Crippen molar-refractivity contribution < 1.29 is 4.42 Å². The van der Waals surface area contributed by atoms with Gasteiger partial charge in [-0.25, -0.2) is 4.79 Å². The van der Waals surface area contributed by atoms with Gasteiger partial charge < -0.3 is 4.42 Å². The monoisotopic (exact) mass is 169 g/mol. The first-order valence-corrected chi connectivity index (χ1v) is 4.24. The zero-order valence-electron chi connectivity index (χ0n) is 8.00. The van der Waals surface area contributed by atoms with Crippen LogP contribution in [0, 0.1) is 0 Å². The zero-order valence-corrected chi connectivity index (χ0v) is 8.00. The molecular formula is C9H15NO2. The first-order valence-electron chi connectivity index (χ1n) is 4.24. The fraction of sp³-hybridized carbons (Fsp3) is 0.667. The van der Waals surface area contributed by atoms with Crippen LogP contribution in [0.3, 0.4) is 0 Å². The Morgan fingerprint density at radius 1 is 1.33 bits per heavy atom. The third-order valence-corrected chi connectivity index (χ3v) is 1.86. The lowest BCUT2D eigenvalue weighted by Crippen LogP contribution is -2.19. The highest BCUT2D eigenvalue weighted by molar-refractivity contribution is 5.02. The van der Waals surface area contributed by atoms with Gasteiger partial charge in [0.05, 0.1) is 5.69 Å². The van der Waals surface area contributed by atoms with Gasteiger partial charge in [0.1, 0.15) is 6.26 Å². The van der Waals surface area contributed by atoms with Crippen LogP contribution in [0.4, 0.5) is 0 Å². The molecular weight excluding hydrogens is 154 g/mol. The van der Waals surface area contributed by atoms with Gasteiger partial charge in [0, 0.05) is 6.04 Å². The molecule has 0 spiro atoms. The minimum Gasteiger partial charge on any atom is -0.416 e.